The highest BCUT2D eigenvalue weighted by molar-refractivity contribution is 8.01. The van der Waals surface area contributed by atoms with E-state index in [-0.39, 0.29) is 29.1 Å². The number of nitrogens with zero attached hydrogens (tertiary/aromatic N) is 1. The summed E-state index contributed by atoms with van der Waals surface area (Å²) in [5, 5.41) is 3.18. The summed E-state index contributed by atoms with van der Waals surface area (Å²) in [6.07, 6.45) is -0.0529. The Bertz CT molecular complexity index is 813. The first kappa shape index (κ1) is 17.8. The van der Waals surface area contributed by atoms with Crippen LogP contribution in [0.15, 0.2) is 23.1 Å². The second kappa shape index (κ2) is 7.49. The van der Waals surface area contributed by atoms with Gasteiger partial charge in [-0.3, -0.25) is 9.59 Å². The first-order valence-electron chi connectivity index (χ1n) is 6.66. The highest BCUT2D eigenvalue weighted by Crippen LogP contribution is 2.38. The van der Waals surface area contributed by atoms with Crippen LogP contribution < -0.4 is 5.32 Å². The van der Waals surface area contributed by atoms with Crippen LogP contribution in [0.1, 0.15) is 11.3 Å². The molecule has 0 aliphatic carbocycles. The van der Waals surface area contributed by atoms with Crippen molar-refractivity contribution in [1.82, 2.24) is 4.37 Å². The van der Waals surface area contributed by atoms with Crippen LogP contribution in [0.4, 0.5) is 5.69 Å². The maximum atomic E-state index is 12.1. The zero-order valence-corrected chi connectivity index (χ0v) is 15.7. The van der Waals surface area contributed by atoms with Gasteiger partial charge in [0, 0.05) is 9.92 Å². The Kier molecular flexibility index (Phi) is 5.56. The number of anilines is 1. The molecule has 10 heteroatoms. The molecule has 1 N–H and O–H groups in total. The number of thioether (sulfide) groups is 1. The van der Waals surface area contributed by atoms with Crippen molar-refractivity contribution in [2.75, 3.05) is 5.32 Å². The second-order valence-electron chi connectivity index (χ2n) is 4.81. The number of carbonyl (C=O) groups excluding carboxylic acids is 2. The van der Waals surface area contributed by atoms with Crippen molar-refractivity contribution in [3.8, 4) is 0 Å². The van der Waals surface area contributed by atoms with Crippen LogP contribution in [0.5, 0.6) is 0 Å². The van der Waals surface area contributed by atoms with Gasteiger partial charge in [0.2, 0.25) is 5.91 Å². The van der Waals surface area contributed by atoms with E-state index in [1.807, 2.05) is 0 Å². The van der Waals surface area contributed by atoms with Gasteiger partial charge in [-0.2, -0.15) is 4.37 Å². The molecule has 1 amide bonds. The molecule has 0 fully saturated rings. The van der Waals surface area contributed by atoms with Crippen molar-refractivity contribution in [2.45, 2.75) is 23.2 Å². The molecule has 1 aliphatic heterocycles. The summed E-state index contributed by atoms with van der Waals surface area (Å²) in [4.78, 5) is 25.5. The van der Waals surface area contributed by atoms with Crippen molar-refractivity contribution in [2.24, 2.45) is 0 Å². The predicted octanol–water partition coefficient (Wildman–Crippen LogP) is 4.65. The number of rotatable bonds is 4. The molecule has 3 rings (SSSR count). The lowest BCUT2D eigenvalue weighted by Crippen LogP contribution is -2.31. The van der Waals surface area contributed by atoms with Gasteiger partial charge in [-0.05, 0) is 29.7 Å². The smallest absolute Gasteiger partial charge is 0.307 e. The van der Waals surface area contributed by atoms with Crippen LogP contribution in [-0.2, 0) is 20.9 Å². The molecular weight excluding hydrogens is 415 g/mol. The van der Waals surface area contributed by atoms with E-state index in [0.717, 1.165) is 16.4 Å². The standard InChI is InChI=1S/C14H9Cl3N2O3S2/c15-6-1-2-8-7(3-6)18-14(21)9(23-8)4-11(20)22-5-10-12(16)13(17)19-24-10/h1-3,9H,4-5H2,(H,18,21). The number of aromatic nitrogens is 1. The van der Waals surface area contributed by atoms with E-state index in [4.69, 9.17) is 39.5 Å². The van der Waals surface area contributed by atoms with Crippen molar-refractivity contribution in [3.63, 3.8) is 0 Å². The van der Waals surface area contributed by atoms with Crippen LogP contribution >= 0.6 is 58.1 Å². The molecule has 2 heterocycles. The van der Waals surface area contributed by atoms with Crippen LogP contribution in [0.2, 0.25) is 15.2 Å². The monoisotopic (exact) mass is 422 g/mol. The lowest BCUT2D eigenvalue weighted by atomic mass is 10.2. The first-order valence-corrected chi connectivity index (χ1v) is 9.45. The maximum Gasteiger partial charge on any atom is 0.307 e. The average Bonchev–Trinajstić information content (AvgIpc) is 2.85. The lowest BCUT2D eigenvalue weighted by Gasteiger charge is -2.23. The number of hydrogen-bond acceptors (Lipinski definition) is 6. The fourth-order valence-electron chi connectivity index (χ4n) is 1.99. The fraction of sp³-hybridized carbons (Fsp3) is 0.214. The molecule has 2 aromatic rings. The summed E-state index contributed by atoms with van der Waals surface area (Å²) < 4.78 is 9.01. The molecule has 0 saturated carbocycles. The Morgan fingerprint density at radius 2 is 2.12 bits per heavy atom. The minimum absolute atomic E-state index is 0.0206. The van der Waals surface area contributed by atoms with Gasteiger partial charge in [-0.15, -0.1) is 11.8 Å². The van der Waals surface area contributed by atoms with Crippen molar-refractivity contribution < 1.29 is 14.3 Å². The molecule has 1 aromatic heterocycles. The Morgan fingerprint density at radius 1 is 1.33 bits per heavy atom. The van der Waals surface area contributed by atoms with Gasteiger partial charge in [0.15, 0.2) is 5.15 Å². The Morgan fingerprint density at radius 3 is 2.83 bits per heavy atom. The molecule has 24 heavy (non-hydrogen) atoms. The molecule has 1 aliphatic rings. The maximum absolute atomic E-state index is 12.1. The van der Waals surface area contributed by atoms with Crippen LogP contribution in [0.3, 0.4) is 0 Å². The van der Waals surface area contributed by atoms with Crippen molar-refractivity contribution in [3.05, 3.63) is 38.3 Å². The van der Waals surface area contributed by atoms with E-state index in [2.05, 4.69) is 9.69 Å². The highest BCUT2D eigenvalue weighted by Gasteiger charge is 2.29. The van der Waals surface area contributed by atoms with Gasteiger partial charge in [-0.1, -0.05) is 34.8 Å². The summed E-state index contributed by atoms with van der Waals surface area (Å²) in [7, 11) is 0. The Balaban J connectivity index is 1.59. The Labute approximate surface area is 160 Å². The van der Waals surface area contributed by atoms with Crippen LogP contribution in [0, 0.1) is 0 Å². The number of halogens is 3. The number of nitrogens with one attached hydrogen (secondary N) is 1. The summed E-state index contributed by atoms with van der Waals surface area (Å²) in [6.45, 7) is -0.0206. The molecule has 1 aromatic carbocycles. The number of carbonyl (C=O) groups is 2. The van der Waals surface area contributed by atoms with Gasteiger partial charge in [-0.25, -0.2) is 0 Å². The zero-order valence-electron chi connectivity index (χ0n) is 11.8. The van der Waals surface area contributed by atoms with Gasteiger partial charge < -0.3 is 10.1 Å². The number of hydrogen-bond donors (Lipinski definition) is 1. The first-order chi connectivity index (χ1) is 11.4. The molecular formula is C14H9Cl3N2O3S2. The summed E-state index contributed by atoms with van der Waals surface area (Å²) >= 11 is 19.9. The predicted molar refractivity (Wildman–Crippen MR) is 96.3 cm³/mol. The third-order valence-corrected chi connectivity index (χ3v) is 6.46. The van der Waals surface area contributed by atoms with Gasteiger partial charge in [0.1, 0.15) is 6.61 Å². The molecule has 0 bridgehead atoms. The van der Waals surface area contributed by atoms with E-state index in [1.54, 1.807) is 18.2 Å². The summed E-state index contributed by atoms with van der Waals surface area (Å²) in [5.74, 6) is -0.758. The summed E-state index contributed by atoms with van der Waals surface area (Å²) in [5.41, 5.74) is 0.646. The zero-order chi connectivity index (χ0) is 17.3. The molecule has 0 spiro atoms. The van der Waals surface area contributed by atoms with E-state index in [9.17, 15) is 9.59 Å². The number of amides is 1. The molecule has 5 nitrogen and oxygen atoms in total. The van der Waals surface area contributed by atoms with E-state index in [1.165, 1.54) is 11.8 Å². The van der Waals surface area contributed by atoms with E-state index < -0.39 is 11.2 Å². The minimum atomic E-state index is -0.563. The van der Waals surface area contributed by atoms with Gasteiger partial charge in [0.05, 0.1) is 27.3 Å². The second-order valence-corrected chi connectivity index (χ2v) is 8.09. The topological polar surface area (TPSA) is 68.3 Å². The largest absolute Gasteiger partial charge is 0.460 e. The number of fused-ring (bicyclic) bond motifs is 1. The van der Waals surface area contributed by atoms with Gasteiger partial charge in [0.25, 0.3) is 0 Å². The molecule has 0 saturated heterocycles. The molecule has 1 unspecified atom stereocenters. The third kappa shape index (κ3) is 3.97. The third-order valence-electron chi connectivity index (χ3n) is 3.14. The lowest BCUT2D eigenvalue weighted by molar-refractivity contribution is -0.145. The highest BCUT2D eigenvalue weighted by atomic mass is 35.5. The number of esters is 1. The van der Waals surface area contributed by atoms with E-state index >= 15 is 0 Å². The van der Waals surface area contributed by atoms with Crippen LogP contribution in [-0.4, -0.2) is 21.5 Å². The van der Waals surface area contributed by atoms with Gasteiger partial charge >= 0.3 is 5.97 Å². The quantitative estimate of drug-likeness (QED) is 0.725. The molecule has 0 radical (unpaired) electrons. The van der Waals surface area contributed by atoms with Crippen molar-refractivity contribution >= 4 is 75.7 Å². The Hall–Kier alpha value is -0.990. The normalized spacial score (nSPS) is 16.5. The van der Waals surface area contributed by atoms with E-state index in [0.29, 0.717) is 15.6 Å². The number of ether oxygens (including phenoxy) is 1. The number of benzene rings is 1. The average molecular weight is 424 g/mol. The minimum Gasteiger partial charge on any atom is -0.460 e. The van der Waals surface area contributed by atoms with Crippen LogP contribution in [0.25, 0.3) is 0 Å². The molecule has 126 valence electrons. The SMILES string of the molecule is O=C(CC1Sc2ccc(Cl)cc2NC1=O)OCc1snc(Cl)c1Cl. The molecule has 1 atom stereocenters. The fourth-order valence-corrected chi connectivity index (χ4v) is 4.34. The van der Waals surface area contributed by atoms with Crippen molar-refractivity contribution in [1.29, 1.82) is 0 Å². The summed E-state index contributed by atoms with van der Waals surface area (Å²) in [6, 6.07) is 5.21.